The van der Waals surface area contributed by atoms with Crippen molar-refractivity contribution in [2.45, 2.75) is 0 Å². The molecule has 1 rings (SSSR count). The van der Waals surface area contributed by atoms with Crippen molar-refractivity contribution in [2.24, 2.45) is 4.99 Å². The van der Waals surface area contributed by atoms with Crippen LogP contribution in [0.15, 0.2) is 35.3 Å². The van der Waals surface area contributed by atoms with Crippen LogP contribution in [0.2, 0.25) is 5.02 Å². The summed E-state index contributed by atoms with van der Waals surface area (Å²) < 4.78 is 0. The van der Waals surface area contributed by atoms with Gasteiger partial charge in [0.05, 0.1) is 6.54 Å². The smallest absolute Gasteiger partial charge is 0.211 e. The molecule has 0 spiro atoms. The number of benzene rings is 1. The van der Waals surface area contributed by atoms with Gasteiger partial charge >= 0.3 is 0 Å². The summed E-state index contributed by atoms with van der Waals surface area (Å²) in [4.78, 5) is 13.1. The van der Waals surface area contributed by atoms with Gasteiger partial charge in [-0.2, -0.15) is 0 Å². The Morgan fingerprint density at radius 3 is 2.69 bits per heavy atom. The largest absolute Gasteiger partial charge is 0.235 e. The van der Waals surface area contributed by atoms with Crippen LogP contribution >= 0.6 is 11.6 Å². The molecule has 0 fully saturated rings. The van der Waals surface area contributed by atoms with E-state index in [1.807, 2.05) is 30.3 Å². The average Bonchev–Trinajstić information content (AvgIpc) is 2.15. The number of carbonyl (C=O) groups excluding carboxylic acids is 1. The molecule has 3 heteroatoms. The van der Waals surface area contributed by atoms with Crippen molar-refractivity contribution in [3.05, 3.63) is 40.9 Å². The quantitative estimate of drug-likeness (QED) is 0.536. The number of rotatable bonds is 3. The first-order valence-electron chi connectivity index (χ1n) is 3.78. The van der Waals surface area contributed by atoms with Gasteiger partial charge in [-0.05, 0) is 17.7 Å². The summed E-state index contributed by atoms with van der Waals surface area (Å²) in [6.45, 7) is 0.367. The van der Waals surface area contributed by atoms with E-state index in [2.05, 4.69) is 4.99 Å². The van der Waals surface area contributed by atoms with Gasteiger partial charge < -0.3 is 0 Å². The van der Waals surface area contributed by atoms with Crippen molar-refractivity contribution in [1.82, 2.24) is 0 Å². The van der Waals surface area contributed by atoms with Gasteiger partial charge in [0.25, 0.3) is 0 Å². The van der Waals surface area contributed by atoms with Crippen LogP contribution in [0.3, 0.4) is 0 Å². The van der Waals surface area contributed by atoms with Crippen LogP contribution in [0.1, 0.15) is 5.56 Å². The van der Waals surface area contributed by atoms with Crippen molar-refractivity contribution in [3.63, 3.8) is 0 Å². The third-order valence-corrected chi connectivity index (χ3v) is 1.69. The minimum absolute atomic E-state index is 0.367. The maximum atomic E-state index is 9.72. The Morgan fingerprint density at radius 1 is 1.38 bits per heavy atom. The molecule has 0 saturated carbocycles. The highest BCUT2D eigenvalue weighted by atomic mass is 35.5. The van der Waals surface area contributed by atoms with E-state index in [0.29, 0.717) is 11.6 Å². The van der Waals surface area contributed by atoms with Gasteiger partial charge in [-0.1, -0.05) is 35.9 Å². The minimum atomic E-state index is 0.367. The van der Waals surface area contributed by atoms with Gasteiger partial charge in [0.1, 0.15) is 0 Å². The van der Waals surface area contributed by atoms with E-state index in [9.17, 15) is 4.79 Å². The molecule has 0 atom stereocenters. The highest BCUT2D eigenvalue weighted by Crippen LogP contribution is 2.10. The van der Waals surface area contributed by atoms with Gasteiger partial charge in [0, 0.05) is 5.02 Å². The fourth-order valence-corrected chi connectivity index (χ4v) is 0.979. The average molecular weight is 194 g/mol. The zero-order chi connectivity index (χ0) is 9.52. The second kappa shape index (κ2) is 5.31. The molecule has 66 valence electrons. The Hall–Kier alpha value is -1.37. The highest BCUT2D eigenvalue weighted by molar-refractivity contribution is 6.30. The minimum Gasteiger partial charge on any atom is -0.211 e. The maximum absolute atomic E-state index is 9.72. The highest BCUT2D eigenvalue weighted by Gasteiger charge is 1.86. The number of hydrogen-bond acceptors (Lipinski definition) is 2. The first-order valence-corrected chi connectivity index (χ1v) is 4.16. The number of isocyanates is 1. The molecular weight excluding hydrogens is 186 g/mol. The van der Waals surface area contributed by atoms with Crippen LogP contribution in [0.4, 0.5) is 0 Å². The predicted octanol–water partition coefficient (Wildman–Crippen LogP) is 2.69. The molecule has 0 unspecified atom stereocenters. The molecule has 0 aliphatic carbocycles. The van der Waals surface area contributed by atoms with Crippen LogP contribution in [0.5, 0.6) is 0 Å². The number of aliphatic imine (C=N–C) groups is 1. The lowest BCUT2D eigenvalue weighted by atomic mass is 10.2. The molecule has 1 aromatic rings. The number of halogens is 1. The summed E-state index contributed by atoms with van der Waals surface area (Å²) in [5.41, 5.74) is 1.03. The Bertz CT molecular complexity index is 336. The molecule has 0 saturated heterocycles. The summed E-state index contributed by atoms with van der Waals surface area (Å²) >= 11 is 5.70. The molecule has 0 radical (unpaired) electrons. The van der Waals surface area contributed by atoms with Crippen LogP contribution in [0.25, 0.3) is 6.08 Å². The van der Waals surface area contributed by atoms with Crippen molar-refractivity contribution in [2.75, 3.05) is 6.54 Å². The zero-order valence-corrected chi connectivity index (χ0v) is 7.66. The van der Waals surface area contributed by atoms with Crippen molar-refractivity contribution in [1.29, 1.82) is 0 Å². The summed E-state index contributed by atoms with van der Waals surface area (Å²) in [6.07, 6.45) is 5.12. The van der Waals surface area contributed by atoms with E-state index >= 15 is 0 Å². The summed E-state index contributed by atoms with van der Waals surface area (Å²) in [5.74, 6) is 0. The molecule has 0 aliphatic heterocycles. The SMILES string of the molecule is O=C=NC/C=C/c1ccc(Cl)cc1. The Kier molecular flexibility index (Phi) is 3.97. The standard InChI is InChI=1S/C10H8ClNO/c11-10-5-3-9(4-6-10)2-1-7-12-8-13/h1-6H,7H2/b2-1+. The Morgan fingerprint density at radius 2 is 2.08 bits per heavy atom. The predicted molar refractivity (Wildman–Crippen MR) is 53.5 cm³/mol. The molecule has 2 nitrogen and oxygen atoms in total. The molecule has 0 bridgehead atoms. The van der Waals surface area contributed by atoms with E-state index in [-0.39, 0.29) is 0 Å². The van der Waals surface area contributed by atoms with Crippen molar-refractivity contribution < 1.29 is 4.79 Å². The molecule has 0 amide bonds. The Labute approximate surface area is 81.6 Å². The number of hydrogen-bond donors (Lipinski definition) is 0. The normalized spacial score (nSPS) is 9.92. The van der Waals surface area contributed by atoms with Crippen LogP contribution in [0, 0.1) is 0 Å². The van der Waals surface area contributed by atoms with Crippen LogP contribution in [-0.4, -0.2) is 12.6 Å². The van der Waals surface area contributed by atoms with Crippen molar-refractivity contribution >= 4 is 23.8 Å². The van der Waals surface area contributed by atoms with Crippen LogP contribution < -0.4 is 0 Å². The first kappa shape index (κ1) is 9.72. The number of nitrogens with zero attached hydrogens (tertiary/aromatic N) is 1. The van der Waals surface area contributed by atoms with Crippen LogP contribution in [-0.2, 0) is 4.79 Å². The molecule has 0 heterocycles. The summed E-state index contributed by atoms with van der Waals surface area (Å²) in [6, 6.07) is 7.40. The second-order valence-electron chi connectivity index (χ2n) is 2.39. The molecule has 0 aliphatic rings. The van der Waals surface area contributed by atoms with Gasteiger partial charge in [0.2, 0.25) is 6.08 Å². The fourth-order valence-electron chi connectivity index (χ4n) is 0.853. The van der Waals surface area contributed by atoms with E-state index in [1.165, 1.54) is 6.08 Å². The summed E-state index contributed by atoms with van der Waals surface area (Å²) in [5, 5.41) is 0.711. The zero-order valence-electron chi connectivity index (χ0n) is 6.90. The van der Waals surface area contributed by atoms with Gasteiger partial charge in [-0.15, -0.1) is 0 Å². The Balaban J connectivity index is 2.58. The fraction of sp³-hybridized carbons (Fsp3) is 0.100. The molecule has 1 aromatic carbocycles. The molecule has 0 aromatic heterocycles. The van der Waals surface area contributed by atoms with E-state index in [0.717, 1.165) is 5.56 Å². The first-order chi connectivity index (χ1) is 6.33. The monoisotopic (exact) mass is 193 g/mol. The van der Waals surface area contributed by atoms with Gasteiger partial charge in [-0.25, -0.2) is 9.79 Å². The topological polar surface area (TPSA) is 29.4 Å². The lowest BCUT2D eigenvalue weighted by molar-refractivity contribution is 0.564. The van der Waals surface area contributed by atoms with Gasteiger partial charge in [0.15, 0.2) is 0 Å². The summed E-state index contributed by atoms with van der Waals surface area (Å²) in [7, 11) is 0. The molecule has 13 heavy (non-hydrogen) atoms. The van der Waals surface area contributed by atoms with Gasteiger partial charge in [-0.3, -0.25) is 0 Å². The van der Waals surface area contributed by atoms with E-state index < -0.39 is 0 Å². The molecular formula is C10H8ClNO. The second-order valence-corrected chi connectivity index (χ2v) is 2.82. The molecule has 0 N–H and O–H groups in total. The third-order valence-electron chi connectivity index (χ3n) is 1.44. The third kappa shape index (κ3) is 3.70. The lowest BCUT2D eigenvalue weighted by Crippen LogP contribution is -1.73. The lowest BCUT2D eigenvalue weighted by Gasteiger charge is -1.91. The van der Waals surface area contributed by atoms with Crippen molar-refractivity contribution in [3.8, 4) is 0 Å². The van der Waals surface area contributed by atoms with E-state index in [4.69, 9.17) is 11.6 Å². The van der Waals surface area contributed by atoms with E-state index in [1.54, 1.807) is 6.08 Å². The maximum Gasteiger partial charge on any atom is 0.235 e.